The predicted octanol–water partition coefficient (Wildman–Crippen LogP) is 2.00. The van der Waals surface area contributed by atoms with Crippen molar-refractivity contribution in [2.45, 2.75) is 25.7 Å². The van der Waals surface area contributed by atoms with Crippen molar-refractivity contribution in [3.63, 3.8) is 0 Å². The molecule has 0 saturated carbocycles. The molecule has 1 fully saturated rings. The Bertz CT molecular complexity index is 629. The van der Waals surface area contributed by atoms with E-state index in [0.29, 0.717) is 12.3 Å². The van der Waals surface area contributed by atoms with Crippen LogP contribution in [0.4, 0.5) is 0 Å². The van der Waals surface area contributed by atoms with Gasteiger partial charge in [-0.2, -0.15) is 5.10 Å². The molecule has 5 nitrogen and oxygen atoms in total. The number of aryl methyl sites for hydroxylation is 1. The summed E-state index contributed by atoms with van der Waals surface area (Å²) in [6.45, 7) is 2.44. The maximum absolute atomic E-state index is 12.3. The number of nitrogens with two attached hydrogens (primary N) is 1. The van der Waals surface area contributed by atoms with Crippen molar-refractivity contribution in [1.29, 1.82) is 0 Å². The van der Waals surface area contributed by atoms with Crippen LogP contribution in [-0.2, 0) is 11.2 Å². The van der Waals surface area contributed by atoms with Crippen molar-refractivity contribution in [2.24, 2.45) is 11.7 Å². The number of likely N-dealkylation sites (tertiary alicyclic amines) is 1. The van der Waals surface area contributed by atoms with Crippen LogP contribution in [0, 0.1) is 5.92 Å². The Morgan fingerprint density at radius 3 is 2.65 bits per heavy atom. The molecule has 1 aromatic carbocycles. The van der Waals surface area contributed by atoms with Crippen molar-refractivity contribution in [1.82, 2.24) is 14.7 Å². The summed E-state index contributed by atoms with van der Waals surface area (Å²) in [4.78, 5) is 14.3. The van der Waals surface area contributed by atoms with E-state index >= 15 is 0 Å². The molecule has 1 aromatic heterocycles. The average molecular weight is 312 g/mol. The third kappa shape index (κ3) is 3.99. The van der Waals surface area contributed by atoms with Gasteiger partial charge in [0.05, 0.1) is 11.9 Å². The molecule has 0 atom stereocenters. The van der Waals surface area contributed by atoms with E-state index in [-0.39, 0.29) is 5.91 Å². The Morgan fingerprint density at radius 1 is 1.22 bits per heavy atom. The summed E-state index contributed by atoms with van der Waals surface area (Å²) in [5.41, 5.74) is 7.83. The molecule has 23 heavy (non-hydrogen) atoms. The Balaban J connectivity index is 1.51. The van der Waals surface area contributed by atoms with Gasteiger partial charge in [0.2, 0.25) is 5.91 Å². The highest BCUT2D eigenvalue weighted by Crippen LogP contribution is 2.17. The Labute approximate surface area is 137 Å². The second-order valence-corrected chi connectivity index (χ2v) is 6.19. The third-order valence-corrected chi connectivity index (χ3v) is 4.58. The zero-order valence-electron chi connectivity index (χ0n) is 13.4. The molecular weight excluding hydrogens is 288 g/mol. The van der Waals surface area contributed by atoms with Gasteiger partial charge in [0.15, 0.2) is 0 Å². The van der Waals surface area contributed by atoms with Gasteiger partial charge in [-0.05, 0) is 49.4 Å². The van der Waals surface area contributed by atoms with E-state index in [1.165, 1.54) is 0 Å². The third-order valence-electron chi connectivity index (χ3n) is 4.58. The molecule has 1 amide bonds. The quantitative estimate of drug-likeness (QED) is 0.918. The van der Waals surface area contributed by atoms with E-state index in [2.05, 4.69) is 5.10 Å². The smallest absolute Gasteiger partial charge is 0.222 e. The van der Waals surface area contributed by atoms with E-state index in [4.69, 9.17) is 5.73 Å². The van der Waals surface area contributed by atoms with Crippen molar-refractivity contribution < 1.29 is 4.79 Å². The fourth-order valence-corrected chi connectivity index (χ4v) is 3.04. The van der Waals surface area contributed by atoms with Crippen LogP contribution in [0.1, 0.15) is 24.8 Å². The molecule has 1 saturated heterocycles. The van der Waals surface area contributed by atoms with Gasteiger partial charge in [0, 0.05) is 25.7 Å². The van der Waals surface area contributed by atoms with Gasteiger partial charge >= 0.3 is 0 Å². The molecule has 0 aliphatic carbocycles. The van der Waals surface area contributed by atoms with Crippen molar-refractivity contribution in [3.05, 3.63) is 48.3 Å². The van der Waals surface area contributed by atoms with E-state index < -0.39 is 0 Å². The number of hydrogen-bond acceptors (Lipinski definition) is 3. The fourth-order valence-electron chi connectivity index (χ4n) is 3.04. The van der Waals surface area contributed by atoms with Gasteiger partial charge in [0.25, 0.3) is 0 Å². The van der Waals surface area contributed by atoms with Crippen molar-refractivity contribution >= 4 is 5.91 Å². The number of hydrogen-bond donors (Lipinski definition) is 1. The average Bonchev–Trinajstić information content (AvgIpc) is 3.09. The zero-order valence-corrected chi connectivity index (χ0v) is 13.4. The first-order valence-electron chi connectivity index (χ1n) is 8.33. The molecule has 2 N–H and O–H groups in total. The summed E-state index contributed by atoms with van der Waals surface area (Å²) in [5, 5.41) is 4.38. The lowest BCUT2D eigenvalue weighted by Gasteiger charge is -2.31. The standard InChI is InChI=1S/C18H24N4O/c19-12-15-8-10-21(11-9-15)18(23)7-6-16-13-20-22(14-16)17-4-2-1-3-5-17/h1-5,13-15H,6-12,19H2. The molecule has 0 unspecified atom stereocenters. The lowest BCUT2D eigenvalue weighted by atomic mass is 9.97. The molecular formula is C18H24N4O. The number of para-hydroxylation sites is 1. The van der Waals surface area contributed by atoms with Crippen LogP contribution in [0.25, 0.3) is 5.69 Å². The molecule has 5 heteroatoms. The monoisotopic (exact) mass is 312 g/mol. The van der Waals surface area contributed by atoms with Crippen LogP contribution in [0.15, 0.2) is 42.7 Å². The number of aromatic nitrogens is 2. The first-order chi connectivity index (χ1) is 11.3. The maximum Gasteiger partial charge on any atom is 0.222 e. The largest absolute Gasteiger partial charge is 0.343 e. The van der Waals surface area contributed by atoms with E-state index in [9.17, 15) is 4.79 Å². The summed E-state index contributed by atoms with van der Waals surface area (Å²) < 4.78 is 1.85. The Hall–Kier alpha value is -2.14. The fraction of sp³-hybridized carbons (Fsp3) is 0.444. The normalized spacial score (nSPS) is 15.8. The topological polar surface area (TPSA) is 64.2 Å². The summed E-state index contributed by atoms with van der Waals surface area (Å²) in [7, 11) is 0. The molecule has 2 heterocycles. The summed E-state index contributed by atoms with van der Waals surface area (Å²) in [6.07, 6.45) is 7.21. The number of rotatable bonds is 5. The number of nitrogens with zero attached hydrogens (tertiary/aromatic N) is 3. The minimum atomic E-state index is 0.243. The maximum atomic E-state index is 12.3. The van der Waals surface area contributed by atoms with Crippen LogP contribution < -0.4 is 5.73 Å². The molecule has 1 aliphatic rings. The molecule has 3 rings (SSSR count). The number of piperidine rings is 1. The van der Waals surface area contributed by atoms with Gasteiger partial charge in [-0.15, -0.1) is 0 Å². The number of benzene rings is 1. The number of carbonyl (C=O) groups excluding carboxylic acids is 1. The summed E-state index contributed by atoms with van der Waals surface area (Å²) >= 11 is 0. The molecule has 122 valence electrons. The van der Waals surface area contributed by atoms with Gasteiger partial charge < -0.3 is 10.6 Å². The number of carbonyl (C=O) groups is 1. The molecule has 1 aliphatic heterocycles. The molecule has 2 aromatic rings. The predicted molar refractivity (Wildman–Crippen MR) is 90.2 cm³/mol. The van der Waals surface area contributed by atoms with Crippen LogP contribution in [0.2, 0.25) is 0 Å². The first kappa shape index (κ1) is 15.7. The molecule has 0 radical (unpaired) electrons. The number of amides is 1. The van der Waals surface area contributed by atoms with Crippen LogP contribution in [0.5, 0.6) is 0 Å². The second kappa shape index (κ2) is 7.42. The summed E-state index contributed by atoms with van der Waals surface area (Å²) in [6, 6.07) is 10.0. The van der Waals surface area contributed by atoms with E-state index in [1.54, 1.807) is 0 Å². The minimum Gasteiger partial charge on any atom is -0.343 e. The van der Waals surface area contributed by atoms with Crippen molar-refractivity contribution in [2.75, 3.05) is 19.6 Å². The highest BCUT2D eigenvalue weighted by molar-refractivity contribution is 5.76. The van der Waals surface area contributed by atoms with Gasteiger partial charge in [-0.3, -0.25) is 4.79 Å². The lowest BCUT2D eigenvalue weighted by molar-refractivity contribution is -0.132. The molecule has 0 bridgehead atoms. The van der Waals surface area contributed by atoms with Crippen molar-refractivity contribution in [3.8, 4) is 5.69 Å². The zero-order chi connectivity index (χ0) is 16.1. The summed E-state index contributed by atoms with van der Waals surface area (Å²) in [5.74, 6) is 0.830. The van der Waals surface area contributed by atoms with Crippen LogP contribution >= 0.6 is 0 Å². The Kier molecular flexibility index (Phi) is 5.08. The van der Waals surface area contributed by atoms with Crippen LogP contribution in [0.3, 0.4) is 0 Å². The van der Waals surface area contributed by atoms with Crippen LogP contribution in [-0.4, -0.2) is 40.2 Å². The SMILES string of the molecule is NCC1CCN(C(=O)CCc2cnn(-c3ccccc3)c2)CC1. The first-order valence-corrected chi connectivity index (χ1v) is 8.33. The highest BCUT2D eigenvalue weighted by atomic mass is 16.2. The molecule has 0 spiro atoms. The highest BCUT2D eigenvalue weighted by Gasteiger charge is 2.21. The van der Waals surface area contributed by atoms with Gasteiger partial charge in [-0.1, -0.05) is 18.2 Å². The Morgan fingerprint density at radius 2 is 1.96 bits per heavy atom. The second-order valence-electron chi connectivity index (χ2n) is 6.19. The van der Waals surface area contributed by atoms with E-state index in [1.807, 2.05) is 52.3 Å². The van der Waals surface area contributed by atoms with Gasteiger partial charge in [0.1, 0.15) is 0 Å². The lowest BCUT2D eigenvalue weighted by Crippen LogP contribution is -2.40. The minimum absolute atomic E-state index is 0.243. The van der Waals surface area contributed by atoms with E-state index in [0.717, 1.165) is 50.1 Å². The van der Waals surface area contributed by atoms with Gasteiger partial charge in [-0.25, -0.2) is 4.68 Å².